The first-order valence-corrected chi connectivity index (χ1v) is 9.87. The van der Waals surface area contributed by atoms with Crippen molar-refractivity contribution in [3.05, 3.63) is 77.4 Å². The summed E-state index contributed by atoms with van der Waals surface area (Å²) in [6.45, 7) is 8.56. The maximum Gasteiger partial charge on any atom is 0.252 e. The second-order valence-electron chi connectivity index (χ2n) is 7.29. The molecule has 4 aromatic rings. The summed E-state index contributed by atoms with van der Waals surface area (Å²) < 4.78 is 3.90. The lowest BCUT2D eigenvalue weighted by Gasteiger charge is -2.16. The van der Waals surface area contributed by atoms with Gasteiger partial charge in [0.15, 0.2) is 5.65 Å². The number of nitrogens with one attached hydrogen (secondary N) is 1. The molecule has 1 amide bonds. The molecule has 4 rings (SSSR count). The fourth-order valence-electron chi connectivity index (χ4n) is 3.68. The van der Waals surface area contributed by atoms with Gasteiger partial charge < -0.3 is 9.88 Å². The van der Waals surface area contributed by atoms with Crippen molar-refractivity contribution in [1.29, 1.82) is 0 Å². The number of aromatic nitrogens is 4. The number of fused-ring (bicyclic) bond motifs is 1. The molecule has 3 heterocycles. The van der Waals surface area contributed by atoms with Crippen molar-refractivity contribution < 1.29 is 4.79 Å². The number of amides is 1. The molecule has 3 aromatic heterocycles. The molecule has 1 unspecified atom stereocenters. The van der Waals surface area contributed by atoms with Crippen LogP contribution >= 0.6 is 0 Å². The minimum absolute atomic E-state index is 0.110. The van der Waals surface area contributed by atoms with E-state index in [1.54, 1.807) is 0 Å². The molecule has 0 aliphatic carbocycles. The van der Waals surface area contributed by atoms with E-state index in [9.17, 15) is 4.79 Å². The van der Waals surface area contributed by atoms with E-state index in [1.807, 2.05) is 75.1 Å². The molecule has 0 saturated carbocycles. The molecule has 0 fully saturated rings. The Kier molecular flexibility index (Phi) is 4.92. The Bertz CT molecular complexity index is 1160. The standard InChI is InChI=1S/C23H25N5O/c1-5-28-22-21(17(4)26-28)20(14-15(2)24-22)23(29)25-16(3)18-8-10-19(11-9-18)27-12-6-7-13-27/h6-14,16H,5H2,1-4H3,(H,25,29). The van der Waals surface area contributed by atoms with Crippen LogP contribution in [0.25, 0.3) is 16.7 Å². The second-order valence-corrected chi connectivity index (χ2v) is 7.29. The molecule has 29 heavy (non-hydrogen) atoms. The molecule has 0 saturated heterocycles. The lowest BCUT2D eigenvalue weighted by molar-refractivity contribution is 0.0941. The van der Waals surface area contributed by atoms with Crippen LogP contribution in [0.15, 0.2) is 54.9 Å². The van der Waals surface area contributed by atoms with Gasteiger partial charge in [0.25, 0.3) is 5.91 Å². The molecule has 0 spiro atoms. The Labute approximate surface area is 170 Å². The molecule has 0 aliphatic rings. The number of pyridine rings is 1. The van der Waals surface area contributed by atoms with Crippen molar-refractivity contribution in [2.24, 2.45) is 0 Å². The summed E-state index contributed by atoms with van der Waals surface area (Å²) >= 11 is 0. The molecule has 148 valence electrons. The Morgan fingerprint density at radius 1 is 1.14 bits per heavy atom. The van der Waals surface area contributed by atoms with Gasteiger partial charge in [-0.05, 0) is 63.6 Å². The number of aryl methyl sites for hydroxylation is 3. The molecular weight excluding hydrogens is 362 g/mol. The quantitative estimate of drug-likeness (QED) is 0.554. The molecule has 0 radical (unpaired) electrons. The second kappa shape index (κ2) is 7.54. The fourth-order valence-corrected chi connectivity index (χ4v) is 3.68. The monoisotopic (exact) mass is 387 g/mol. The van der Waals surface area contributed by atoms with Crippen LogP contribution in [-0.4, -0.2) is 25.2 Å². The smallest absolute Gasteiger partial charge is 0.252 e. The number of rotatable bonds is 5. The van der Waals surface area contributed by atoms with E-state index in [1.165, 1.54) is 0 Å². The van der Waals surface area contributed by atoms with Gasteiger partial charge in [0, 0.05) is 30.3 Å². The van der Waals surface area contributed by atoms with Gasteiger partial charge in [0.2, 0.25) is 0 Å². The van der Waals surface area contributed by atoms with E-state index >= 15 is 0 Å². The SMILES string of the molecule is CCn1nc(C)c2c(C(=O)NC(C)c3ccc(-n4cccc4)cc3)cc(C)nc21. The van der Waals surface area contributed by atoms with Gasteiger partial charge in [0.1, 0.15) is 0 Å². The molecule has 1 N–H and O–H groups in total. The fraction of sp³-hybridized carbons (Fsp3) is 0.261. The van der Waals surface area contributed by atoms with E-state index in [4.69, 9.17) is 0 Å². The first-order valence-electron chi connectivity index (χ1n) is 9.87. The van der Waals surface area contributed by atoms with E-state index in [0.717, 1.165) is 33.7 Å². The van der Waals surface area contributed by atoms with Gasteiger partial charge >= 0.3 is 0 Å². The number of nitrogens with zero attached hydrogens (tertiary/aromatic N) is 4. The highest BCUT2D eigenvalue weighted by Crippen LogP contribution is 2.23. The average Bonchev–Trinajstić information content (AvgIpc) is 3.35. The predicted octanol–water partition coefficient (Wildman–Crippen LogP) is 4.35. The van der Waals surface area contributed by atoms with Crippen molar-refractivity contribution in [2.75, 3.05) is 0 Å². The molecule has 0 bridgehead atoms. The lowest BCUT2D eigenvalue weighted by Crippen LogP contribution is -2.27. The molecular formula is C23H25N5O. The van der Waals surface area contributed by atoms with Crippen LogP contribution in [0, 0.1) is 13.8 Å². The highest BCUT2D eigenvalue weighted by atomic mass is 16.1. The molecule has 6 heteroatoms. The minimum Gasteiger partial charge on any atom is -0.345 e. The highest BCUT2D eigenvalue weighted by molar-refractivity contribution is 6.06. The van der Waals surface area contributed by atoms with E-state index < -0.39 is 0 Å². The molecule has 1 aromatic carbocycles. The maximum atomic E-state index is 13.1. The largest absolute Gasteiger partial charge is 0.345 e. The van der Waals surface area contributed by atoms with Crippen LogP contribution in [0.3, 0.4) is 0 Å². The van der Waals surface area contributed by atoms with Crippen LogP contribution in [0.2, 0.25) is 0 Å². The Balaban J connectivity index is 1.60. The Hall–Kier alpha value is -3.41. The van der Waals surface area contributed by atoms with Crippen molar-refractivity contribution in [1.82, 2.24) is 24.6 Å². The first kappa shape index (κ1) is 18.9. The summed E-state index contributed by atoms with van der Waals surface area (Å²) in [7, 11) is 0. The van der Waals surface area contributed by atoms with E-state index in [-0.39, 0.29) is 11.9 Å². The first-order chi connectivity index (χ1) is 14.0. The molecule has 6 nitrogen and oxygen atoms in total. The maximum absolute atomic E-state index is 13.1. The van der Waals surface area contributed by atoms with Gasteiger partial charge in [-0.25, -0.2) is 9.67 Å². The van der Waals surface area contributed by atoms with Gasteiger partial charge in [-0.2, -0.15) is 5.10 Å². The zero-order chi connectivity index (χ0) is 20.5. The number of hydrogen-bond donors (Lipinski definition) is 1. The third kappa shape index (κ3) is 3.53. The van der Waals surface area contributed by atoms with Gasteiger partial charge in [-0.1, -0.05) is 12.1 Å². The summed E-state index contributed by atoms with van der Waals surface area (Å²) in [6.07, 6.45) is 4.02. The molecule has 0 aliphatic heterocycles. The number of carbonyl (C=O) groups is 1. The van der Waals surface area contributed by atoms with Crippen molar-refractivity contribution in [3.8, 4) is 5.69 Å². The van der Waals surface area contributed by atoms with Crippen molar-refractivity contribution in [2.45, 2.75) is 40.3 Å². The normalized spacial score (nSPS) is 12.3. The topological polar surface area (TPSA) is 64.7 Å². The number of carbonyl (C=O) groups excluding carboxylic acids is 1. The number of hydrogen-bond acceptors (Lipinski definition) is 3. The van der Waals surface area contributed by atoms with Crippen molar-refractivity contribution >= 4 is 16.9 Å². The zero-order valence-corrected chi connectivity index (χ0v) is 17.2. The van der Waals surface area contributed by atoms with E-state index in [2.05, 4.69) is 32.1 Å². The van der Waals surface area contributed by atoms with Crippen molar-refractivity contribution in [3.63, 3.8) is 0 Å². The zero-order valence-electron chi connectivity index (χ0n) is 17.2. The van der Waals surface area contributed by atoms with Crippen LogP contribution in [0.4, 0.5) is 0 Å². The van der Waals surface area contributed by atoms with Crippen LogP contribution in [0.5, 0.6) is 0 Å². The average molecular weight is 387 g/mol. The molecule has 1 atom stereocenters. The summed E-state index contributed by atoms with van der Waals surface area (Å²) in [6, 6.07) is 13.9. The van der Waals surface area contributed by atoms with Crippen LogP contribution in [0.1, 0.15) is 47.2 Å². The van der Waals surface area contributed by atoms with Crippen LogP contribution in [-0.2, 0) is 6.54 Å². The predicted molar refractivity (Wildman–Crippen MR) is 114 cm³/mol. The highest BCUT2D eigenvalue weighted by Gasteiger charge is 2.20. The van der Waals surface area contributed by atoms with Gasteiger partial charge in [-0.15, -0.1) is 0 Å². The summed E-state index contributed by atoms with van der Waals surface area (Å²) in [5.41, 5.74) is 5.16. The van der Waals surface area contributed by atoms with Crippen LogP contribution < -0.4 is 5.32 Å². The summed E-state index contributed by atoms with van der Waals surface area (Å²) in [4.78, 5) is 17.7. The van der Waals surface area contributed by atoms with E-state index in [0.29, 0.717) is 12.1 Å². The minimum atomic E-state index is -0.119. The summed E-state index contributed by atoms with van der Waals surface area (Å²) in [5, 5.41) is 8.49. The third-order valence-corrected chi connectivity index (χ3v) is 5.19. The third-order valence-electron chi connectivity index (χ3n) is 5.19. The Morgan fingerprint density at radius 2 is 1.83 bits per heavy atom. The Morgan fingerprint density at radius 3 is 2.48 bits per heavy atom. The lowest BCUT2D eigenvalue weighted by atomic mass is 10.1. The van der Waals surface area contributed by atoms with Gasteiger partial charge in [-0.3, -0.25) is 4.79 Å². The van der Waals surface area contributed by atoms with Gasteiger partial charge in [0.05, 0.1) is 22.7 Å². The summed E-state index contributed by atoms with van der Waals surface area (Å²) in [5.74, 6) is -0.110. The number of benzene rings is 1.